The molecule has 1 saturated heterocycles. The van der Waals surface area contributed by atoms with Gasteiger partial charge in [-0.3, -0.25) is 4.90 Å². The summed E-state index contributed by atoms with van der Waals surface area (Å²) in [5.41, 5.74) is 2.61. The monoisotopic (exact) mass is 349 g/mol. The zero-order valence-electron chi connectivity index (χ0n) is 13.5. The maximum Gasteiger partial charge on any atom is 0.177 e. The Hall–Kier alpha value is -1.53. The molecule has 1 atom stereocenters. The standard InChI is InChI=1S/C18H21F2N3S/c19-13-7-12-8-14(3-4-16(12)17(20)9-13)23-15(10-21-18(23)24)11-22-5-1-2-6-22/h7,9-10,14H,1-6,8,11H2,(H,21,24). The van der Waals surface area contributed by atoms with Gasteiger partial charge in [0.15, 0.2) is 4.77 Å². The SMILES string of the molecule is Fc1cc(F)c2c(c1)CC(n1c(CN3CCCC3)c[nH]c1=S)CC2. The first-order valence-corrected chi connectivity index (χ1v) is 9.00. The van der Waals surface area contributed by atoms with Crippen LogP contribution in [0.2, 0.25) is 0 Å². The molecule has 0 saturated carbocycles. The molecule has 0 spiro atoms. The molecule has 0 amide bonds. The van der Waals surface area contributed by atoms with Crippen molar-refractivity contribution in [3.8, 4) is 0 Å². The van der Waals surface area contributed by atoms with Gasteiger partial charge in [0.1, 0.15) is 11.6 Å². The predicted octanol–water partition coefficient (Wildman–Crippen LogP) is 4.15. The van der Waals surface area contributed by atoms with Gasteiger partial charge >= 0.3 is 0 Å². The Balaban J connectivity index is 1.62. The van der Waals surface area contributed by atoms with Crippen molar-refractivity contribution in [2.24, 2.45) is 0 Å². The fourth-order valence-electron chi connectivity index (χ4n) is 4.11. The summed E-state index contributed by atoms with van der Waals surface area (Å²) in [7, 11) is 0. The summed E-state index contributed by atoms with van der Waals surface area (Å²) in [5, 5.41) is 0. The van der Waals surface area contributed by atoms with E-state index < -0.39 is 11.6 Å². The number of hydrogen-bond donors (Lipinski definition) is 1. The number of nitrogens with one attached hydrogen (secondary N) is 1. The highest BCUT2D eigenvalue weighted by Crippen LogP contribution is 2.32. The van der Waals surface area contributed by atoms with Crippen molar-refractivity contribution in [2.45, 2.75) is 44.7 Å². The Morgan fingerprint density at radius 2 is 2.00 bits per heavy atom. The molecule has 4 rings (SSSR count). The van der Waals surface area contributed by atoms with Crippen LogP contribution in [0.4, 0.5) is 8.78 Å². The van der Waals surface area contributed by atoms with Crippen molar-refractivity contribution in [1.82, 2.24) is 14.5 Å². The number of hydrogen-bond acceptors (Lipinski definition) is 2. The van der Waals surface area contributed by atoms with Crippen LogP contribution in [0.5, 0.6) is 0 Å². The van der Waals surface area contributed by atoms with E-state index >= 15 is 0 Å². The van der Waals surface area contributed by atoms with Crippen LogP contribution in [0, 0.1) is 16.4 Å². The van der Waals surface area contributed by atoms with E-state index in [0.29, 0.717) is 23.2 Å². The zero-order chi connectivity index (χ0) is 16.7. The molecule has 1 unspecified atom stereocenters. The lowest BCUT2D eigenvalue weighted by Gasteiger charge is -2.28. The zero-order valence-corrected chi connectivity index (χ0v) is 14.3. The second-order valence-electron chi connectivity index (χ2n) is 6.86. The molecule has 6 heteroatoms. The summed E-state index contributed by atoms with van der Waals surface area (Å²) in [5.74, 6) is -0.916. The summed E-state index contributed by atoms with van der Waals surface area (Å²) in [4.78, 5) is 5.59. The molecular formula is C18H21F2N3S. The minimum atomic E-state index is -0.498. The largest absolute Gasteiger partial charge is 0.337 e. The van der Waals surface area contributed by atoms with Crippen LogP contribution < -0.4 is 0 Å². The van der Waals surface area contributed by atoms with E-state index in [0.717, 1.165) is 37.7 Å². The molecule has 128 valence electrons. The van der Waals surface area contributed by atoms with Gasteiger partial charge in [-0.05, 0) is 74.6 Å². The summed E-state index contributed by atoms with van der Waals surface area (Å²) in [6, 6.07) is 2.62. The van der Waals surface area contributed by atoms with Gasteiger partial charge in [-0.1, -0.05) is 0 Å². The van der Waals surface area contributed by atoms with Crippen LogP contribution in [0.25, 0.3) is 0 Å². The number of H-pyrrole nitrogens is 1. The summed E-state index contributed by atoms with van der Waals surface area (Å²) in [6.45, 7) is 3.14. The maximum atomic E-state index is 14.0. The van der Waals surface area contributed by atoms with Gasteiger partial charge in [0.05, 0.1) is 5.69 Å². The van der Waals surface area contributed by atoms with E-state index in [2.05, 4.69) is 14.5 Å². The first-order valence-electron chi connectivity index (χ1n) is 8.60. The van der Waals surface area contributed by atoms with Gasteiger partial charge in [-0.15, -0.1) is 0 Å². The van der Waals surface area contributed by atoms with Crippen molar-refractivity contribution >= 4 is 12.2 Å². The van der Waals surface area contributed by atoms with Crippen LogP contribution in [-0.2, 0) is 19.4 Å². The second kappa shape index (κ2) is 6.41. The molecule has 2 aromatic rings. The Morgan fingerprint density at radius 1 is 1.21 bits per heavy atom. The normalized spacial score (nSPS) is 21.2. The molecule has 0 bridgehead atoms. The van der Waals surface area contributed by atoms with Crippen molar-refractivity contribution in [3.63, 3.8) is 0 Å². The lowest BCUT2D eigenvalue weighted by Crippen LogP contribution is -2.25. The third-order valence-electron chi connectivity index (χ3n) is 5.28. The average molecular weight is 349 g/mol. The topological polar surface area (TPSA) is 24.0 Å². The smallest absolute Gasteiger partial charge is 0.177 e. The lowest BCUT2D eigenvalue weighted by molar-refractivity contribution is 0.310. The predicted molar refractivity (Wildman–Crippen MR) is 91.5 cm³/mol. The fraction of sp³-hybridized carbons (Fsp3) is 0.500. The van der Waals surface area contributed by atoms with Gasteiger partial charge < -0.3 is 9.55 Å². The fourth-order valence-corrected chi connectivity index (χ4v) is 4.44. The van der Waals surface area contributed by atoms with Gasteiger partial charge in [0, 0.05) is 24.8 Å². The molecule has 2 aliphatic rings. The first kappa shape index (κ1) is 16.0. The van der Waals surface area contributed by atoms with Crippen LogP contribution >= 0.6 is 12.2 Å². The molecule has 3 nitrogen and oxygen atoms in total. The summed E-state index contributed by atoms with van der Waals surface area (Å²) >= 11 is 5.49. The Labute approximate surface area is 145 Å². The number of imidazole rings is 1. The minimum Gasteiger partial charge on any atom is -0.337 e. The molecule has 24 heavy (non-hydrogen) atoms. The molecule has 1 aromatic heterocycles. The molecule has 1 aliphatic heterocycles. The van der Waals surface area contributed by atoms with Gasteiger partial charge in [-0.25, -0.2) is 8.78 Å². The van der Waals surface area contributed by atoms with E-state index in [4.69, 9.17) is 12.2 Å². The maximum absolute atomic E-state index is 14.0. The summed E-state index contributed by atoms with van der Waals surface area (Å²) < 4.78 is 30.4. The number of nitrogens with zero attached hydrogens (tertiary/aromatic N) is 2. The van der Waals surface area contributed by atoms with E-state index in [-0.39, 0.29) is 6.04 Å². The van der Waals surface area contributed by atoms with E-state index in [1.54, 1.807) is 0 Å². The van der Waals surface area contributed by atoms with Crippen molar-refractivity contribution in [2.75, 3.05) is 13.1 Å². The van der Waals surface area contributed by atoms with Crippen LogP contribution in [-0.4, -0.2) is 27.5 Å². The minimum absolute atomic E-state index is 0.162. The van der Waals surface area contributed by atoms with Crippen LogP contribution in [0.15, 0.2) is 18.3 Å². The number of halogens is 2. The quantitative estimate of drug-likeness (QED) is 0.842. The highest BCUT2D eigenvalue weighted by molar-refractivity contribution is 7.71. The Kier molecular flexibility index (Phi) is 4.26. The van der Waals surface area contributed by atoms with Crippen LogP contribution in [0.3, 0.4) is 0 Å². The van der Waals surface area contributed by atoms with E-state index in [9.17, 15) is 8.78 Å². The lowest BCUT2D eigenvalue weighted by atomic mass is 9.87. The number of aromatic nitrogens is 2. The molecular weight excluding hydrogens is 328 g/mol. The van der Waals surface area contributed by atoms with E-state index in [1.165, 1.54) is 24.6 Å². The van der Waals surface area contributed by atoms with Crippen molar-refractivity contribution in [1.29, 1.82) is 0 Å². The summed E-state index contributed by atoms with van der Waals surface area (Å²) in [6.07, 6.45) is 6.57. The first-order chi connectivity index (χ1) is 11.6. The highest BCUT2D eigenvalue weighted by Gasteiger charge is 2.26. The molecule has 1 fully saturated rings. The Bertz CT molecular complexity index is 805. The third-order valence-corrected chi connectivity index (χ3v) is 5.59. The van der Waals surface area contributed by atoms with Crippen molar-refractivity contribution in [3.05, 3.63) is 51.6 Å². The van der Waals surface area contributed by atoms with E-state index in [1.807, 2.05) is 6.20 Å². The molecule has 1 aliphatic carbocycles. The Morgan fingerprint density at radius 3 is 2.79 bits per heavy atom. The number of rotatable bonds is 3. The number of likely N-dealkylation sites (tertiary alicyclic amines) is 1. The number of benzene rings is 1. The molecule has 1 N–H and O–H groups in total. The number of fused-ring (bicyclic) bond motifs is 1. The molecule has 0 radical (unpaired) electrons. The van der Waals surface area contributed by atoms with Crippen molar-refractivity contribution < 1.29 is 8.78 Å². The average Bonchev–Trinajstić information content (AvgIpc) is 3.17. The number of aromatic amines is 1. The van der Waals surface area contributed by atoms with Gasteiger partial charge in [-0.2, -0.15) is 0 Å². The van der Waals surface area contributed by atoms with Gasteiger partial charge in [0.25, 0.3) is 0 Å². The highest BCUT2D eigenvalue weighted by atomic mass is 32.1. The third kappa shape index (κ3) is 2.93. The second-order valence-corrected chi connectivity index (χ2v) is 7.25. The molecule has 1 aromatic carbocycles. The molecule has 2 heterocycles. The van der Waals surface area contributed by atoms with Gasteiger partial charge in [0.2, 0.25) is 0 Å². The van der Waals surface area contributed by atoms with Crippen LogP contribution in [0.1, 0.15) is 42.1 Å².